The Morgan fingerprint density at radius 1 is 1.67 bits per heavy atom. The lowest BCUT2D eigenvalue weighted by atomic mass is 10.2. The number of ether oxygens (including phenoxy) is 1. The maximum Gasteiger partial charge on any atom is 0.0725 e. The Hall–Kier alpha value is -0.0800. The van der Waals surface area contributed by atoms with E-state index in [0.717, 1.165) is 12.5 Å². The predicted molar refractivity (Wildman–Crippen MR) is 37.2 cm³/mol. The third-order valence-electron chi connectivity index (χ3n) is 1.76. The summed E-state index contributed by atoms with van der Waals surface area (Å²) in [7, 11) is 0. The first-order valence-electron chi connectivity index (χ1n) is 3.70. The van der Waals surface area contributed by atoms with Crippen LogP contribution >= 0.6 is 0 Å². The van der Waals surface area contributed by atoms with Gasteiger partial charge < -0.3 is 10.5 Å². The van der Waals surface area contributed by atoms with Crippen molar-refractivity contribution in [2.24, 2.45) is 11.7 Å². The third kappa shape index (κ3) is 1.95. The van der Waals surface area contributed by atoms with E-state index in [1.807, 2.05) is 6.92 Å². The van der Waals surface area contributed by atoms with E-state index in [-0.39, 0.29) is 0 Å². The second kappa shape index (κ2) is 3.18. The Labute approximate surface area is 56.4 Å². The highest BCUT2D eigenvalue weighted by Gasteiger charge is 2.30. The van der Waals surface area contributed by atoms with Gasteiger partial charge in [-0.05, 0) is 25.7 Å². The monoisotopic (exact) mass is 129 g/mol. The summed E-state index contributed by atoms with van der Waals surface area (Å²) in [4.78, 5) is 0. The second-order valence-corrected chi connectivity index (χ2v) is 2.57. The lowest BCUT2D eigenvalue weighted by molar-refractivity contribution is 0.0536. The van der Waals surface area contributed by atoms with E-state index < -0.39 is 0 Å². The largest absolute Gasteiger partial charge is 0.377 e. The summed E-state index contributed by atoms with van der Waals surface area (Å²) in [6.07, 6.45) is 3.00. The zero-order valence-electron chi connectivity index (χ0n) is 5.97. The van der Waals surface area contributed by atoms with E-state index in [0.29, 0.717) is 12.6 Å². The average Bonchev–Trinajstić information content (AvgIpc) is 2.64. The molecule has 9 heavy (non-hydrogen) atoms. The predicted octanol–water partition coefficient (Wildman–Crippen LogP) is 0.760. The van der Waals surface area contributed by atoms with Crippen LogP contribution in [0.2, 0.25) is 0 Å². The number of hydrogen-bond acceptors (Lipinski definition) is 2. The zero-order chi connectivity index (χ0) is 6.69. The molecule has 1 atom stereocenters. The zero-order valence-corrected chi connectivity index (χ0v) is 5.97. The van der Waals surface area contributed by atoms with Gasteiger partial charge in [-0.3, -0.25) is 0 Å². The van der Waals surface area contributed by atoms with Gasteiger partial charge in [-0.25, -0.2) is 0 Å². The van der Waals surface area contributed by atoms with Crippen molar-refractivity contribution in [1.29, 1.82) is 0 Å². The number of rotatable bonds is 4. The van der Waals surface area contributed by atoms with Crippen molar-refractivity contribution >= 4 is 0 Å². The quantitative estimate of drug-likeness (QED) is 0.608. The molecule has 0 amide bonds. The molecule has 0 bridgehead atoms. The van der Waals surface area contributed by atoms with Crippen LogP contribution in [0.3, 0.4) is 0 Å². The van der Waals surface area contributed by atoms with Gasteiger partial charge in [0.1, 0.15) is 0 Å². The molecule has 1 unspecified atom stereocenters. The smallest absolute Gasteiger partial charge is 0.0725 e. The van der Waals surface area contributed by atoms with Crippen molar-refractivity contribution in [3.05, 3.63) is 0 Å². The molecule has 0 spiro atoms. The molecule has 0 saturated heterocycles. The summed E-state index contributed by atoms with van der Waals surface area (Å²) < 4.78 is 5.39. The van der Waals surface area contributed by atoms with Gasteiger partial charge in [0.25, 0.3) is 0 Å². The van der Waals surface area contributed by atoms with E-state index in [1.165, 1.54) is 12.8 Å². The first-order chi connectivity index (χ1) is 4.38. The molecule has 0 aromatic rings. The summed E-state index contributed by atoms with van der Waals surface area (Å²) in [6.45, 7) is 3.52. The van der Waals surface area contributed by atoms with Gasteiger partial charge in [-0.1, -0.05) is 0 Å². The summed E-state index contributed by atoms with van der Waals surface area (Å²) in [5, 5.41) is 0. The van der Waals surface area contributed by atoms with Crippen molar-refractivity contribution in [2.75, 3.05) is 13.2 Å². The van der Waals surface area contributed by atoms with E-state index >= 15 is 0 Å². The molecule has 1 aliphatic carbocycles. The SMILES string of the molecule is CCOC(CN)C1CC1. The van der Waals surface area contributed by atoms with E-state index in [1.54, 1.807) is 0 Å². The molecule has 2 heteroatoms. The Bertz CT molecular complexity index is 81.0. The highest BCUT2D eigenvalue weighted by molar-refractivity contribution is 4.82. The molecule has 2 nitrogen and oxygen atoms in total. The first-order valence-corrected chi connectivity index (χ1v) is 3.70. The second-order valence-electron chi connectivity index (χ2n) is 2.57. The van der Waals surface area contributed by atoms with Gasteiger partial charge in [0, 0.05) is 13.2 Å². The summed E-state index contributed by atoms with van der Waals surface area (Å²) >= 11 is 0. The fourth-order valence-electron chi connectivity index (χ4n) is 1.08. The molecule has 0 aliphatic heterocycles. The van der Waals surface area contributed by atoms with Crippen LogP contribution in [0.15, 0.2) is 0 Å². The molecule has 54 valence electrons. The number of hydrogen-bond donors (Lipinski definition) is 1. The Morgan fingerprint density at radius 2 is 2.33 bits per heavy atom. The maximum absolute atomic E-state index is 5.47. The van der Waals surface area contributed by atoms with Crippen molar-refractivity contribution in [3.8, 4) is 0 Å². The molecule has 1 aliphatic rings. The standard InChI is InChI=1S/C7H15NO/c1-2-9-7(5-8)6-3-4-6/h6-7H,2-5,8H2,1H3. The van der Waals surface area contributed by atoms with Crippen LogP contribution in [0.5, 0.6) is 0 Å². The van der Waals surface area contributed by atoms with Crippen LogP contribution in [-0.2, 0) is 4.74 Å². The van der Waals surface area contributed by atoms with Crippen LogP contribution in [0.1, 0.15) is 19.8 Å². The molecule has 1 saturated carbocycles. The van der Waals surface area contributed by atoms with Gasteiger partial charge in [0.2, 0.25) is 0 Å². The molecule has 0 aromatic heterocycles. The fourth-order valence-corrected chi connectivity index (χ4v) is 1.08. The van der Waals surface area contributed by atoms with Crippen molar-refractivity contribution in [2.45, 2.75) is 25.9 Å². The van der Waals surface area contributed by atoms with Crippen LogP contribution in [0, 0.1) is 5.92 Å². The van der Waals surface area contributed by atoms with Crippen LogP contribution in [-0.4, -0.2) is 19.3 Å². The molecular weight excluding hydrogens is 114 g/mol. The Morgan fingerprint density at radius 3 is 2.67 bits per heavy atom. The Balaban J connectivity index is 2.12. The van der Waals surface area contributed by atoms with Crippen molar-refractivity contribution < 1.29 is 4.74 Å². The van der Waals surface area contributed by atoms with Gasteiger partial charge in [0.15, 0.2) is 0 Å². The normalized spacial score (nSPS) is 22.0. The van der Waals surface area contributed by atoms with E-state index in [2.05, 4.69) is 0 Å². The van der Waals surface area contributed by atoms with Crippen LogP contribution < -0.4 is 5.73 Å². The van der Waals surface area contributed by atoms with Crippen molar-refractivity contribution in [3.63, 3.8) is 0 Å². The first kappa shape index (κ1) is 7.03. The minimum absolute atomic E-state index is 0.356. The van der Waals surface area contributed by atoms with Gasteiger partial charge in [-0.2, -0.15) is 0 Å². The minimum Gasteiger partial charge on any atom is -0.377 e. The fraction of sp³-hybridized carbons (Fsp3) is 1.00. The third-order valence-corrected chi connectivity index (χ3v) is 1.76. The summed E-state index contributed by atoms with van der Waals surface area (Å²) in [6, 6.07) is 0. The maximum atomic E-state index is 5.47. The average molecular weight is 129 g/mol. The van der Waals surface area contributed by atoms with E-state index in [9.17, 15) is 0 Å². The van der Waals surface area contributed by atoms with Gasteiger partial charge in [0.05, 0.1) is 6.10 Å². The molecule has 1 rings (SSSR count). The van der Waals surface area contributed by atoms with Gasteiger partial charge in [-0.15, -0.1) is 0 Å². The molecule has 0 aromatic carbocycles. The van der Waals surface area contributed by atoms with Crippen LogP contribution in [0.25, 0.3) is 0 Å². The summed E-state index contributed by atoms with van der Waals surface area (Å²) in [5.41, 5.74) is 5.47. The minimum atomic E-state index is 0.356. The molecular formula is C7H15NO. The topological polar surface area (TPSA) is 35.2 Å². The lowest BCUT2D eigenvalue weighted by Crippen LogP contribution is -2.25. The van der Waals surface area contributed by atoms with Crippen molar-refractivity contribution in [1.82, 2.24) is 0 Å². The molecule has 0 radical (unpaired) electrons. The van der Waals surface area contributed by atoms with Crippen LogP contribution in [0.4, 0.5) is 0 Å². The van der Waals surface area contributed by atoms with Gasteiger partial charge >= 0.3 is 0 Å². The highest BCUT2D eigenvalue weighted by Crippen LogP contribution is 2.33. The highest BCUT2D eigenvalue weighted by atomic mass is 16.5. The Kier molecular flexibility index (Phi) is 2.49. The molecule has 1 fully saturated rings. The number of nitrogens with two attached hydrogens (primary N) is 1. The summed E-state index contributed by atoms with van der Waals surface area (Å²) in [5.74, 6) is 0.787. The molecule has 2 N–H and O–H groups in total. The lowest BCUT2D eigenvalue weighted by Gasteiger charge is -2.12. The molecule has 0 heterocycles. The van der Waals surface area contributed by atoms with E-state index in [4.69, 9.17) is 10.5 Å².